The lowest BCUT2D eigenvalue weighted by atomic mass is 9.43. The molecule has 12 nitrogen and oxygen atoms in total. The number of nitrogens with zero attached hydrogens (tertiary/aromatic N) is 6. The highest BCUT2D eigenvalue weighted by Gasteiger charge is 2.68. The normalized spacial score (nSPS) is 22.2. The average Bonchev–Trinajstić information content (AvgIpc) is 3.82. The van der Waals surface area contributed by atoms with Crippen LogP contribution >= 0.6 is 0 Å². The summed E-state index contributed by atoms with van der Waals surface area (Å²) in [6.45, 7) is 16.2. The van der Waals surface area contributed by atoms with Gasteiger partial charge < -0.3 is 19.4 Å². The lowest BCUT2D eigenvalue weighted by molar-refractivity contribution is -0.199. The Hall–Kier alpha value is -5.24. The van der Waals surface area contributed by atoms with E-state index < -0.39 is 24.3 Å². The van der Waals surface area contributed by atoms with Gasteiger partial charge in [-0.3, -0.25) is 19.7 Å². The fourth-order valence-corrected chi connectivity index (χ4v) is 9.53. The summed E-state index contributed by atoms with van der Waals surface area (Å²) >= 11 is 0. The minimum atomic E-state index is -0.642. The molecule has 0 spiro atoms. The number of hydrogen-bond acceptors (Lipinski definition) is 10. The Bertz CT molecular complexity index is 2260. The second-order valence-electron chi connectivity index (χ2n) is 18.6. The second-order valence-corrected chi connectivity index (χ2v) is 18.6. The fraction of sp³-hybridized carbons (Fsp3) is 0.447. The van der Waals surface area contributed by atoms with Crippen LogP contribution in [-0.2, 0) is 51.3 Å². The number of nitrogens with one attached hydrogen (secondary N) is 1. The van der Waals surface area contributed by atoms with Crippen molar-refractivity contribution in [1.29, 1.82) is 0 Å². The van der Waals surface area contributed by atoms with Crippen molar-refractivity contribution < 1.29 is 23.6 Å². The first-order chi connectivity index (χ1) is 28.6. The summed E-state index contributed by atoms with van der Waals surface area (Å²) in [7, 11) is -0.642. The Morgan fingerprint density at radius 3 is 2.23 bits per heavy atom. The van der Waals surface area contributed by atoms with E-state index in [1.807, 2.05) is 107 Å². The Balaban J connectivity index is 0.957. The summed E-state index contributed by atoms with van der Waals surface area (Å²) in [6.07, 6.45) is 8.16. The van der Waals surface area contributed by atoms with Crippen molar-refractivity contribution in [3.8, 4) is 5.69 Å². The molecule has 4 aliphatic rings. The molecule has 3 aromatic heterocycles. The second kappa shape index (κ2) is 16.7. The Kier molecular flexibility index (Phi) is 11.5. The molecule has 3 aliphatic carbocycles. The molecule has 1 aliphatic heterocycles. The number of carbonyl (C=O) groups is 2. The van der Waals surface area contributed by atoms with Gasteiger partial charge in [0.25, 0.3) is 0 Å². The summed E-state index contributed by atoms with van der Waals surface area (Å²) in [5.74, 6) is -0.0286. The van der Waals surface area contributed by atoms with E-state index in [9.17, 15) is 9.59 Å². The quantitative estimate of drug-likeness (QED) is 0.0919. The van der Waals surface area contributed by atoms with Crippen molar-refractivity contribution in [2.24, 2.45) is 17.3 Å². The van der Waals surface area contributed by atoms with Crippen molar-refractivity contribution in [2.75, 3.05) is 0 Å². The molecule has 60 heavy (non-hydrogen) atoms. The Labute approximate surface area is 353 Å². The molecule has 1 N–H and O–H groups in total. The number of esters is 1. The number of aromatic nitrogens is 5. The third-order valence-corrected chi connectivity index (χ3v) is 12.9. The number of amides is 1. The zero-order chi connectivity index (χ0) is 42.2. The fourth-order valence-electron chi connectivity index (χ4n) is 9.53. The first-order valence-electron chi connectivity index (χ1n) is 21.1. The maximum absolute atomic E-state index is 13.9. The summed E-state index contributed by atoms with van der Waals surface area (Å²) in [4.78, 5) is 38.4. The third kappa shape index (κ3) is 8.94. The van der Waals surface area contributed by atoms with Crippen molar-refractivity contribution in [3.63, 3.8) is 0 Å². The van der Waals surface area contributed by atoms with Crippen LogP contribution in [-0.4, -0.2) is 72.1 Å². The van der Waals surface area contributed by atoms with E-state index in [0.717, 1.165) is 52.3 Å². The molecule has 0 radical (unpaired) electrons. The zero-order valence-corrected chi connectivity index (χ0v) is 35.8. The van der Waals surface area contributed by atoms with Crippen molar-refractivity contribution in [1.82, 2.24) is 35.2 Å². The molecular weight excluding hydrogens is 753 g/mol. The minimum Gasteiger partial charge on any atom is -0.456 e. The van der Waals surface area contributed by atoms with E-state index in [-0.39, 0.29) is 29.8 Å². The van der Waals surface area contributed by atoms with Gasteiger partial charge in [-0.2, -0.15) is 0 Å². The van der Waals surface area contributed by atoms with Gasteiger partial charge in [-0.05, 0) is 130 Å². The highest BCUT2D eigenvalue weighted by Crippen LogP contribution is 2.65. The molecular formula is C47H56BN7O5. The van der Waals surface area contributed by atoms with E-state index in [4.69, 9.17) is 14.0 Å². The third-order valence-electron chi connectivity index (χ3n) is 12.9. The van der Waals surface area contributed by atoms with Crippen molar-refractivity contribution >= 4 is 19.0 Å². The van der Waals surface area contributed by atoms with Crippen LogP contribution in [0.15, 0.2) is 97.5 Å². The molecule has 9 rings (SSSR count). The molecule has 5 atom stereocenters. The van der Waals surface area contributed by atoms with Gasteiger partial charge in [0.1, 0.15) is 5.60 Å². The molecule has 3 saturated carbocycles. The van der Waals surface area contributed by atoms with Crippen LogP contribution in [0.5, 0.6) is 0 Å². The number of benzene rings is 2. The van der Waals surface area contributed by atoms with Gasteiger partial charge >= 0.3 is 13.1 Å². The summed E-state index contributed by atoms with van der Waals surface area (Å²) in [5, 5.41) is 12.2. The van der Waals surface area contributed by atoms with Crippen LogP contribution in [0.1, 0.15) is 98.5 Å². The zero-order valence-electron chi connectivity index (χ0n) is 35.8. The highest BCUT2D eigenvalue weighted by atomic mass is 16.7. The van der Waals surface area contributed by atoms with Gasteiger partial charge in [0.15, 0.2) is 0 Å². The summed E-state index contributed by atoms with van der Waals surface area (Å²) in [5.41, 5.74) is 5.80. The lowest BCUT2D eigenvalue weighted by Crippen LogP contribution is -2.65. The van der Waals surface area contributed by atoms with Gasteiger partial charge in [0.05, 0.1) is 58.6 Å². The molecule has 4 heterocycles. The maximum Gasteiger partial charge on any atom is 0.482 e. The molecule has 2 bridgehead atoms. The highest BCUT2D eigenvalue weighted by molar-refractivity contribution is 6.48. The van der Waals surface area contributed by atoms with Crippen LogP contribution in [0.3, 0.4) is 0 Å². The number of carbonyl (C=O) groups excluding carboxylic acids is 2. The molecule has 2 aromatic carbocycles. The molecule has 1 amide bonds. The molecule has 13 heteroatoms. The summed E-state index contributed by atoms with van der Waals surface area (Å²) in [6, 6.07) is 25.3. The standard InChI is InChI=1S/C47H56BN7O5/c1-31-33(13-12-16-39(31)44(57)58-45(2,3)4)24-42(48-59-41-26-34-25-40(46(34,5)6)47(41,7)60-48)51-43(56)23-32-17-19-38(20-18-32)55-30-37(52-53-55)29-54(27-35-14-8-10-21-49-35)28-36-15-9-11-22-50-36/h8-22,30,34,40-42H,23-29H2,1-7H3,(H,51,56)/t34-,40-,41+,42-,47-/m0/s1. The van der Waals surface area contributed by atoms with E-state index >= 15 is 0 Å². The van der Waals surface area contributed by atoms with E-state index in [0.29, 0.717) is 43.5 Å². The first kappa shape index (κ1) is 41.5. The maximum atomic E-state index is 13.9. The Morgan fingerprint density at radius 2 is 1.60 bits per heavy atom. The number of rotatable bonds is 14. The van der Waals surface area contributed by atoms with Crippen LogP contribution in [0.4, 0.5) is 0 Å². The number of hydrogen-bond donors (Lipinski definition) is 1. The molecule has 1 saturated heterocycles. The number of ether oxygens (including phenoxy) is 1. The van der Waals surface area contributed by atoms with Crippen LogP contribution in [0, 0.1) is 24.2 Å². The Morgan fingerprint density at radius 1 is 0.917 bits per heavy atom. The molecule has 0 unspecified atom stereocenters. The monoisotopic (exact) mass is 809 g/mol. The van der Waals surface area contributed by atoms with E-state index in [1.54, 1.807) is 23.1 Å². The van der Waals surface area contributed by atoms with Gasteiger partial charge in [-0.15, -0.1) is 5.10 Å². The average molecular weight is 810 g/mol. The smallest absolute Gasteiger partial charge is 0.456 e. The molecule has 5 aromatic rings. The number of pyridine rings is 2. The molecule has 312 valence electrons. The minimum absolute atomic E-state index is 0.0393. The summed E-state index contributed by atoms with van der Waals surface area (Å²) < 4.78 is 21.1. The van der Waals surface area contributed by atoms with Crippen molar-refractivity contribution in [2.45, 2.75) is 117 Å². The predicted octanol–water partition coefficient (Wildman–Crippen LogP) is 7.06. The topological polar surface area (TPSA) is 134 Å². The lowest BCUT2D eigenvalue weighted by Gasteiger charge is -2.64. The van der Waals surface area contributed by atoms with Gasteiger partial charge in [0, 0.05) is 32.0 Å². The van der Waals surface area contributed by atoms with Crippen molar-refractivity contribution in [3.05, 3.63) is 137 Å². The predicted molar refractivity (Wildman–Crippen MR) is 229 cm³/mol. The SMILES string of the molecule is Cc1c(C[C@H](NC(=O)Cc2ccc(-n3cc(CN(Cc4ccccn4)Cc4ccccn4)nn3)cc2)B2O[C@@H]3C[C@@H]4C[C@@H](C4(C)C)[C@]3(C)O2)cccc1C(=O)OC(C)(C)C. The van der Waals surface area contributed by atoms with Crippen LogP contribution in [0.2, 0.25) is 0 Å². The van der Waals surface area contributed by atoms with Gasteiger partial charge in [0.2, 0.25) is 5.91 Å². The van der Waals surface area contributed by atoms with Crippen LogP contribution in [0.25, 0.3) is 5.69 Å². The van der Waals surface area contributed by atoms with Gasteiger partial charge in [-0.1, -0.05) is 55.5 Å². The van der Waals surface area contributed by atoms with E-state index in [1.165, 1.54) is 0 Å². The first-order valence-corrected chi connectivity index (χ1v) is 21.1. The van der Waals surface area contributed by atoms with E-state index in [2.05, 4.69) is 51.3 Å². The largest absolute Gasteiger partial charge is 0.482 e. The molecule has 4 fully saturated rings. The van der Waals surface area contributed by atoms with Gasteiger partial charge in [-0.25, -0.2) is 9.48 Å². The van der Waals surface area contributed by atoms with Crippen LogP contribution < -0.4 is 5.32 Å².